The van der Waals surface area contributed by atoms with Crippen molar-refractivity contribution < 1.29 is 9.21 Å². The molecule has 4 nitrogen and oxygen atoms in total. The molecule has 0 atom stereocenters. The Bertz CT molecular complexity index is 1340. The average molecular weight is 364 g/mol. The first kappa shape index (κ1) is 16.3. The van der Waals surface area contributed by atoms with Crippen LogP contribution >= 0.6 is 0 Å². The van der Waals surface area contributed by atoms with E-state index in [1.165, 1.54) is 0 Å². The summed E-state index contributed by atoms with van der Waals surface area (Å²) in [7, 11) is 0. The van der Waals surface area contributed by atoms with Gasteiger partial charge in [-0.1, -0.05) is 66.7 Å². The van der Waals surface area contributed by atoms with Crippen LogP contribution in [0.3, 0.4) is 0 Å². The number of nitrogens with zero attached hydrogens (tertiary/aromatic N) is 1. The standard InChI is InChI=1S/C24H16N2O2/c25-24-19(22(27)16-7-2-1-3-8-16)12-13-20(26-24)21-14-17-11-10-15-6-4-5-9-18(15)23(17)28-21/h1-14H,(H2,25,26). The SMILES string of the molecule is Nc1nc(-c2cc3ccc4ccccc4c3o2)ccc1C(=O)c1ccccc1. The molecule has 4 heteroatoms. The lowest BCUT2D eigenvalue weighted by Gasteiger charge is -2.06. The van der Waals surface area contributed by atoms with Gasteiger partial charge in [0.1, 0.15) is 17.1 Å². The van der Waals surface area contributed by atoms with Crippen LogP contribution in [0.15, 0.2) is 89.3 Å². The maximum Gasteiger partial charge on any atom is 0.196 e. The number of fused-ring (bicyclic) bond motifs is 3. The fraction of sp³-hybridized carbons (Fsp3) is 0. The van der Waals surface area contributed by atoms with Crippen molar-refractivity contribution in [3.8, 4) is 11.5 Å². The Morgan fingerprint density at radius 3 is 2.39 bits per heavy atom. The second-order valence-electron chi connectivity index (χ2n) is 6.64. The lowest BCUT2D eigenvalue weighted by molar-refractivity contribution is 0.103. The van der Waals surface area contributed by atoms with E-state index in [4.69, 9.17) is 10.2 Å². The molecule has 0 unspecified atom stereocenters. The monoisotopic (exact) mass is 364 g/mol. The number of aromatic nitrogens is 1. The minimum absolute atomic E-state index is 0.146. The molecule has 2 heterocycles. The van der Waals surface area contributed by atoms with Gasteiger partial charge in [-0.2, -0.15) is 0 Å². The molecule has 0 radical (unpaired) electrons. The molecule has 0 aliphatic rings. The predicted molar refractivity (Wildman–Crippen MR) is 111 cm³/mol. The molecule has 0 bridgehead atoms. The highest BCUT2D eigenvalue weighted by Gasteiger charge is 2.16. The average Bonchev–Trinajstić information content (AvgIpc) is 3.19. The lowest BCUT2D eigenvalue weighted by Crippen LogP contribution is -2.07. The number of hydrogen-bond acceptors (Lipinski definition) is 4. The normalized spacial score (nSPS) is 11.1. The van der Waals surface area contributed by atoms with Gasteiger partial charge in [0, 0.05) is 16.3 Å². The zero-order chi connectivity index (χ0) is 19.1. The van der Waals surface area contributed by atoms with Gasteiger partial charge in [-0.25, -0.2) is 4.98 Å². The number of nitrogen functional groups attached to an aromatic ring is 1. The Balaban J connectivity index is 1.58. The van der Waals surface area contributed by atoms with Gasteiger partial charge in [0.05, 0.1) is 5.56 Å². The van der Waals surface area contributed by atoms with Crippen LogP contribution in [0.2, 0.25) is 0 Å². The molecule has 134 valence electrons. The summed E-state index contributed by atoms with van der Waals surface area (Å²) >= 11 is 0. The molecular weight excluding hydrogens is 348 g/mol. The van der Waals surface area contributed by atoms with Crippen molar-refractivity contribution in [1.82, 2.24) is 4.98 Å². The Morgan fingerprint density at radius 1 is 0.821 bits per heavy atom. The molecule has 5 aromatic rings. The maximum absolute atomic E-state index is 12.7. The van der Waals surface area contributed by atoms with Crippen molar-refractivity contribution in [3.05, 3.63) is 96.1 Å². The first-order chi connectivity index (χ1) is 13.7. The van der Waals surface area contributed by atoms with E-state index in [9.17, 15) is 4.79 Å². The van der Waals surface area contributed by atoms with Crippen LogP contribution in [0.4, 0.5) is 5.82 Å². The van der Waals surface area contributed by atoms with Crippen molar-refractivity contribution >= 4 is 33.3 Å². The third-order valence-corrected chi connectivity index (χ3v) is 4.87. The molecule has 0 saturated heterocycles. The number of carbonyl (C=O) groups is 1. The van der Waals surface area contributed by atoms with Gasteiger partial charge < -0.3 is 10.2 Å². The van der Waals surface area contributed by atoms with Crippen molar-refractivity contribution in [2.24, 2.45) is 0 Å². The van der Waals surface area contributed by atoms with Gasteiger partial charge in [-0.3, -0.25) is 4.79 Å². The number of ketones is 1. The molecule has 0 amide bonds. The number of pyridine rings is 1. The maximum atomic E-state index is 12.7. The fourth-order valence-corrected chi connectivity index (χ4v) is 3.44. The van der Waals surface area contributed by atoms with E-state index >= 15 is 0 Å². The van der Waals surface area contributed by atoms with Gasteiger partial charge in [0.25, 0.3) is 0 Å². The molecule has 0 saturated carbocycles. The lowest BCUT2D eigenvalue weighted by atomic mass is 10.0. The topological polar surface area (TPSA) is 69.1 Å². The fourth-order valence-electron chi connectivity index (χ4n) is 3.44. The quantitative estimate of drug-likeness (QED) is 0.432. The Labute approximate surface area is 161 Å². The van der Waals surface area contributed by atoms with Crippen molar-refractivity contribution in [1.29, 1.82) is 0 Å². The Kier molecular flexibility index (Phi) is 3.69. The van der Waals surface area contributed by atoms with E-state index in [1.54, 1.807) is 24.3 Å². The summed E-state index contributed by atoms with van der Waals surface area (Å²) in [6.45, 7) is 0. The first-order valence-corrected chi connectivity index (χ1v) is 8.99. The van der Waals surface area contributed by atoms with Crippen LogP contribution in [0.5, 0.6) is 0 Å². The third-order valence-electron chi connectivity index (χ3n) is 4.87. The second kappa shape index (κ2) is 6.35. The van der Waals surface area contributed by atoms with Crippen molar-refractivity contribution in [3.63, 3.8) is 0 Å². The van der Waals surface area contributed by atoms with E-state index < -0.39 is 0 Å². The van der Waals surface area contributed by atoms with Gasteiger partial charge in [-0.15, -0.1) is 0 Å². The minimum atomic E-state index is -0.146. The van der Waals surface area contributed by atoms with Crippen LogP contribution < -0.4 is 5.73 Å². The largest absolute Gasteiger partial charge is 0.454 e. The number of carbonyl (C=O) groups excluding carboxylic acids is 1. The summed E-state index contributed by atoms with van der Waals surface area (Å²) in [4.78, 5) is 17.1. The second-order valence-corrected chi connectivity index (χ2v) is 6.64. The number of hydrogen-bond donors (Lipinski definition) is 1. The molecule has 0 spiro atoms. The highest BCUT2D eigenvalue weighted by Crippen LogP contribution is 2.32. The molecule has 0 aliphatic heterocycles. The van der Waals surface area contributed by atoms with Crippen LogP contribution in [0, 0.1) is 0 Å². The molecule has 5 rings (SSSR count). The molecule has 0 fully saturated rings. The van der Waals surface area contributed by atoms with Gasteiger partial charge in [-0.05, 0) is 23.6 Å². The summed E-state index contributed by atoms with van der Waals surface area (Å²) in [5.74, 6) is 0.668. The Hall–Kier alpha value is -3.92. The summed E-state index contributed by atoms with van der Waals surface area (Å²) in [6, 6.07) is 26.6. The van der Waals surface area contributed by atoms with Crippen LogP contribution in [-0.4, -0.2) is 10.8 Å². The van der Waals surface area contributed by atoms with E-state index in [-0.39, 0.29) is 11.6 Å². The van der Waals surface area contributed by atoms with E-state index in [1.807, 2.05) is 48.5 Å². The van der Waals surface area contributed by atoms with Gasteiger partial charge in [0.15, 0.2) is 11.5 Å². The van der Waals surface area contributed by atoms with E-state index in [2.05, 4.69) is 17.1 Å². The summed E-state index contributed by atoms with van der Waals surface area (Å²) in [5, 5.41) is 3.17. The number of furan rings is 1. The highest BCUT2D eigenvalue weighted by molar-refractivity contribution is 6.11. The summed E-state index contributed by atoms with van der Waals surface area (Å²) in [5.41, 5.74) is 8.49. The molecule has 2 aromatic heterocycles. The van der Waals surface area contributed by atoms with E-state index in [0.717, 1.165) is 21.7 Å². The van der Waals surface area contributed by atoms with Gasteiger partial charge in [0.2, 0.25) is 0 Å². The number of benzene rings is 3. The molecule has 0 aliphatic carbocycles. The summed E-state index contributed by atoms with van der Waals surface area (Å²) in [6.07, 6.45) is 0. The smallest absolute Gasteiger partial charge is 0.196 e. The number of rotatable bonds is 3. The Morgan fingerprint density at radius 2 is 1.57 bits per heavy atom. The molecule has 28 heavy (non-hydrogen) atoms. The molecule has 2 N–H and O–H groups in total. The molecular formula is C24H16N2O2. The van der Waals surface area contributed by atoms with Crippen LogP contribution in [-0.2, 0) is 0 Å². The van der Waals surface area contributed by atoms with Crippen LogP contribution in [0.25, 0.3) is 33.2 Å². The number of nitrogens with two attached hydrogens (primary N) is 1. The van der Waals surface area contributed by atoms with Crippen molar-refractivity contribution in [2.45, 2.75) is 0 Å². The van der Waals surface area contributed by atoms with Crippen molar-refractivity contribution in [2.75, 3.05) is 5.73 Å². The third kappa shape index (κ3) is 2.63. The van der Waals surface area contributed by atoms with E-state index in [0.29, 0.717) is 22.6 Å². The van der Waals surface area contributed by atoms with Crippen LogP contribution in [0.1, 0.15) is 15.9 Å². The zero-order valence-corrected chi connectivity index (χ0v) is 14.9. The first-order valence-electron chi connectivity index (χ1n) is 8.99. The predicted octanol–water partition coefficient (Wildman–Crippen LogP) is 5.46. The number of anilines is 1. The summed E-state index contributed by atoms with van der Waals surface area (Å²) < 4.78 is 6.10. The molecule has 3 aromatic carbocycles. The van der Waals surface area contributed by atoms with Gasteiger partial charge >= 0.3 is 0 Å². The highest BCUT2D eigenvalue weighted by atomic mass is 16.3. The minimum Gasteiger partial charge on any atom is -0.454 e. The zero-order valence-electron chi connectivity index (χ0n) is 14.9.